The zero-order valence-electron chi connectivity index (χ0n) is 38.4. The third kappa shape index (κ3) is 29.6. The lowest BCUT2D eigenvalue weighted by Crippen LogP contribution is -2.14. The number of benzene rings is 1. The van der Waals surface area contributed by atoms with Crippen molar-refractivity contribution in [1.29, 1.82) is 0 Å². The van der Waals surface area contributed by atoms with Crippen LogP contribution in [0.1, 0.15) is 231 Å². The summed E-state index contributed by atoms with van der Waals surface area (Å²) in [4.78, 5) is 36.9. The molecule has 0 aromatic heterocycles. The van der Waals surface area contributed by atoms with Gasteiger partial charge in [0.25, 0.3) is 0 Å². The lowest BCUT2D eigenvalue weighted by atomic mass is 10.1. The zero-order valence-corrected chi connectivity index (χ0v) is 38.4. The number of rotatable bonds is 41. The normalized spacial score (nSPS) is 11.0. The van der Waals surface area contributed by atoms with Crippen LogP contribution < -0.4 is 14.2 Å². The quantitative estimate of drug-likeness (QED) is 0.0279. The number of unbranched alkanes of at least 4 members (excludes halogenated alkanes) is 27. The van der Waals surface area contributed by atoms with Crippen molar-refractivity contribution in [1.82, 2.24) is 0 Å². The van der Waals surface area contributed by atoms with E-state index >= 15 is 0 Å². The number of hydrogen-bond acceptors (Lipinski definition) is 8. The second-order valence-electron chi connectivity index (χ2n) is 16.6. The van der Waals surface area contributed by atoms with Gasteiger partial charge in [-0.1, -0.05) is 194 Å². The van der Waals surface area contributed by atoms with Crippen molar-refractivity contribution < 1.29 is 38.1 Å². The fourth-order valence-electron chi connectivity index (χ4n) is 6.91. The number of carbonyl (C=O) groups is 3. The summed E-state index contributed by atoms with van der Waals surface area (Å²) in [5.74, 6) is -0.408. The first-order chi connectivity index (χ1) is 28.7. The molecule has 0 fully saturated rings. The molecule has 0 heterocycles. The Labute approximate surface area is 361 Å². The van der Waals surface area contributed by atoms with Gasteiger partial charge in [-0.3, -0.25) is 0 Å². The molecule has 0 saturated carbocycles. The lowest BCUT2D eigenvalue weighted by Gasteiger charge is -2.18. The summed E-state index contributed by atoms with van der Waals surface area (Å²) in [6, 6.07) is 3.25. The van der Waals surface area contributed by atoms with Crippen molar-refractivity contribution in [3.05, 3.63) is 42.0 Å². The van der Waals surface area contributed by atoms with Crippen molar-refractivity contribution in [2.75, 3.05) is 26.4 Å². The average molecular weight is 827 g/mol. The van der Waals surface area contributed by atoms with Crippen LogP contribution in [0.2, 0.25) is 0 Å². The molecular weight excluding hydrogens is 741 g/mol. The van der Waals surface area contributed by atoms with Gasteiger partial charge in [-0.05, 0) is 51.7 Å². The Morgan fingerprint density at radius 1 is 0.424 bits per heavy atom. The molecule has 8 nitrogen and oxygen atoms in total. The predicted octanol–water partition coefficient (Wildman–Crippen LogP) is 14.9. The van der Waals surface area contributed by atoms with E-state index in [4.69, 9.17) is 23.7 Å². The molecule has 1 rings (SSSR count). The Balaban J connectivity index is 2.78. The highest BCUT2D eigenvalue weighted by atomic mass is 16.6. The summed E-state index contributed by atoms with van der Waals surface area (Å²) in [7, 11) is 0. The van der Waals surface area contributed by atoms with Gasteiger partial charge in [-0.2, -0.15) is 0 Å². The fourth-order valence-corrected chi connectivity index (χ4v) is 6.91. The molecule has 0 aliphatic heterocycles. The fraction of sp³-hybridized carbons (Fsp3) is 0.745. The Kier molecular flexibility index (Phi) is 34.3. The molecule has 0 unspecified atom stereocenters. The topological polar surface area (TPSA) is 97.4 Å². The van der Waals surface area contributed by atoms with Crippen LogP contribution >= 0.6 is 0 Å². The largest absolute Gasteiger partial charge is 0.490 e. The second-order valence-corrected chi connectivity index (χ2v) is 16.6. The summed E-state index contributed by atoms with van der Waals surface area (Å²) in [5.41, 5.74) is 0.790. The van der Waals surface area contributed by atoms with Gasteiger partial charge in [0.2, 0.25) is 5.75 Å². The molecule has 0 spiro atoms. The van der Waals surface area contributed by atoms with Gasteiger partial charge >= 0.3 is 17.9 Å². The third-order valence-electron chi connectivity index (χ3n) is 10.7. The number of ether oxygens (including phenoxy) is 5. The molecule has 0 saturated heterocycles. The van der Waals surface area contributed by atoms with Crippen LogP contribution in [0.4, 0.5) is 0 Å². The van der Waals surface area contributed by atoms with Crippen LogP contribution in [-0.4, -0.2) is 44.3 Å². The summed E-state index contributed by atoms with van der Waals surface area (Å²) in [6.07, 6.45) is 35.6. The van der Waals surface area contributed by atoms with Crippen LogP contribution in [0.3, 0.4) is 0 Å². The van der Waals surface area contributed by atoms with E-state index in [-0.39, 0.29) is 17.1 Å². The molecule has 0 aliphatic rings. The van der Waals surface area contributed by atoms with Gasteiger partial charge in [0.05, 0.1) is 32.0 Å². The van der Waals surface area contributed by atoms with Gasteiger partial charge in [-0.25, -0.2) is 14.4 Å². The van der Waals surface area contributed by atoms with Crippen LogP contribution in [0.25, 0.3) is 0 Å². The maximum atomic E-state index is 13.2. The molecule has 338 valence electrons. The van der Waals surface area contributed by atoms with Gasteiger partial charge in [0.15, 0.2) is 11.5 Å². The molecule has 0 atom stereocenters. The van der Waals surface area contributed by atoms with Crippen molar-refractivity contribution >= 4 is 17.9 Å². The Hall–Kier alpha value is -3.29. The highest BCUT2D eigenvalue weighted by molar-refractivity contribution is 6.02. The van der Waals surface area contributed by atoms with E-state index in [1.54, 1.807) is 19.1 Å². The highest BCUT2D eigenvalue weighted by Crippen LogP contribution is 2.40. The first-order valence-electron chi connectivity index (χ1n) is 24.0. The van der Waals surface area contributed by atoms with E-state index in [1.165, 1.54) is 135 Å². The summed E-state index contributed by atoms with van der Waals surface area (Å²) < 4.78 is 29.4. The molecule has 1 aromatic carbocycles. The van der Waals surface area contributed by atoms with Gasteiger partial charge in [-0.15, -0.1) is 0 Å². The van der Waals surface area contributed by atoms with Crippen LogP contribution in [0.15, 0.2) is 36.4 Å². The molecule has 0 aliphatic carbocycles. The highest BCUT2D eigenvalue weighted by Gasteiger charge is 2.22. The molecule has 0 radical (unpaired) electrons. The maximum absolute atomic E-state index is 13.2. The van der Waals surface area contributed by atoms with Crippen molar-refractivity contribution in [2.45, 2.75) is 220 Å². The van der Waals surface area contributed by atoms with Gasteiger partial charge in [0, 0.05) is 11.1 Å². The molecule has 8 heteroatoms. The van der Waals surface area contributed by atoms with Crippen LogP contribution in [0.5, 0.6) is 17.2 Å². The minimum Gasteiger partial charge on any atom is -0.490 e. The minimum absolute atomic E-state index is 0.155. The second kappa shape index (κ2) is 37.7. The van der Waals surface area contributed by atoms with E-state index in [0.717, 1.165) is 64.2 Å². The lowest BCUT2D eigenvalue weighted by molar-refractivity contribution is -0.139. The summed E-state index contributed by atoms with van der Waals surface area (Å²) >= 11 is 0. The van der Waals surface area contributed by atoms with E-state index in [9.17, 15) is 14.4 Å². The number of esters is 3. The van der Waals surface area contributed by atoms with Crippen molar-refractivity contribution in [3.8, 4) is 17.2 Å². The first-order valence-corrected chi connectivity index (χ1v) is 24.0. The molecule has 0 amide bonds. The summed E-state index contributed by atoms with van der Waals surface area (Å²) in [6.45, 7) is 16.9. The Morgan fingerprint density at radius 2 is 0.729 bits per heavy atom. The predicted molar refractivity (Wildman–Crippen MR) is 244 cm³/mol. The van der Waals surface area contributed by atoms with E-state index in [2.05, 4.69) is 27.0 Å². The van der Waals surface area contributed by atoms with Crippen LogP contribution in [-0.2, 0) is 19.1 Å². The Morgan fingerprint density at radius 3 is 1.07 bits per heavy atom. The number of hydrogen-bond donors (Lipinski definition) is 0. The standard InChI is InChI=1S/C51H86O8/c1-7-9-11-13-15-17-21-25-29-33-37-55-46-41-45(51(54)59-50(53)44(5)6)42-47(48(46)57-39-35-31-27-22-18-16-14-12-10-8-2)56-38-34-30-26-23-19-20-24-28-32-36-40-58-49(52)43(3)4/h41-42H,3,5,7-40H2,1-2,4,6H3. The zero-order chi connectivity index (χ0) is 43.2. The van der Waals surface area contributed by atoms with Crippen molar-refractivity contribution in [3.63, 3.8) is 0 Å². The average Bonchev–Trinajstić information content (AvgIpc) is 3.22. The third-order valence-corrected chi connectivity index (χ3v) is 10.7. The molecule has 0 N–H and O–H groups in total. The maximum Gasteiger partial charge on any atom is 0.346 e. The smallest absolute Gasteiger partial charge is 0.346 e. The minimum atomic E-state index is -0.765. The van der Waals surface area contributed by atoms with E-state index in [0.29, 0.717) is 49.2 Å². The molecular formula is C51H86O8. The van der Waals surface area contributed by atoms with E-state index in [1.807, 2.05) is 0 Å². The SMILES string of the molecule is C=C(C)C(=O)OCCCCCCCCCCCCOc1cc(C(=O)OC(=O)C(=C)C)cc(OCCCCCCCCCCCC)c1OCCCCCCCCCCCC. The first kappa shape index (κ1) is 53.7. The van der Waals surface area contributed by atoms with Gasteiger partial charge < -0.3 is 23.7 Å². The van der Waals surface area contributed by atoms with Crippen LogP contribution in [0, 0.1) is 0 Å². The summed E-state index contributed by atoms with van der Waals surface area (Å²) in [5, 5.41) is 0. The van der Waals surface area contributed by atoms with Crippen molar-refractivity contribution in [2.24, 2.45) is 0 Å². The van der Waals surface area contributed by atoms with E-state index < -0.39 is 11.9 Å². The number of carbonyl (C=O) groups excluding carboxylic acids is 3. The Bertz CT molecular complexity index is 1270. The molecule has 59 heavy (non-hydrogen) atoms. The molecule has 1 aromatic rings. The monoisotopic (exact) mass is 827 g/mol. The molecule has 0 bridgehead atoms. The van der Waals surface area contributed by atoms with Gasteiger partial charge in [0.1, 0.15) is 0 Å².